The number of anilines is 1. The zero-order valence-electron chi connectivity index (χ0n) is 14.0. The summed E-state index contributed by atoms with van der Waals surface area (Å²) >= 11 is 0. The van der Waals surface area contributed by atoms with Crippen molar-refractivity contribution in [2.75, 3.05) is 5.32 Å². The molecule has 3 rings (SSSR count). The van der Waals surface area contributed by atoms with Gasteiger partial charge in [-0.25, -0.2) is 9.18 Å². The number of aryl methyl sites for hydroxylation is 1. The Labute approximate surface area is 147 Å². The average molecular weight is 358 g/mol. The molecule has 0 aliphatic carbocycles. The normalized spacial score (nSPS) is 18.7. The molecule has 1 N–H and O–H groups in total. The second-order valence-electron chi connectivity index (χ2n) is 6.33. The molecule has 7 nitrogen and oxygen atoms in total. The Kier molecular flexibility index (Phi) is 4.19. The largest absolute Gasteiger partial charge is 0.445 e. The van der Waals surface area contributed by atoms with E-state index in [4.69, 9.17) is 4.74 Å². The van der Waals surface area contributed by atoms with Crippen LogP contribution >= 0.6 is 0 Å². The van der Waals surface area contributed by atoms with Crippen molar-refractivity contribution >= 4 is 23.3 Å². The number of nitrogens with one attached hydrogen (secondary N) is 1. The summed E-state index contributed by atoms with van der Waals surface area (Å²) in [5, 5.41) is 13.6. The molecule has 0 radical (unpaired) electrons. The molecule has 1 unspecified atom stereocenters. The number of benzene rings is 2. The van der Waals surface area contributed by atoms with Crippen molar-refractivity contribution in [3.05, 3.63) is 69.0 Å². The number of carbonyl (C=O) groups excluding carboxylic acids is 2. The van der Waals surface area contributed by atoms with E-state index < -0.39 is 28.2 Å². The molecule has 1 aliphatic rings. The number of nitro benzene ring substituents is 1. The van der Waals surface area contributed by atoms with Crippen LogP contribution in [0.1, 0.15) is 28.4 Å². The van der Waals surface area contributed by atoms with Crippen LogP contribution in [0.2, 0.25) is 0 Å². The second kappa shape index (κ2) is 6.21. The fourth-order valence-corrected chi connectivity index (χ4v) is 2.85. The highest BCUT2D eigenvalue weighted by Crippen LogP contribution is 2.32. The van der Waals surface area contributed by atoms with Crippen molar-refractivity contribution < 1.29 is 23.6 Å². The van der Waals surface area contributed by atoms with Gasteiger partial charge in [-0.3, -0.25) is 14.9 Å². The highest BCUT2D eigenvalue weighted by molar-refractivity contribution is 6.03. The van der Waals surface area contributed by atoms with Gasteiger partial charge in [0.05, 0.1) is 10.5 Å². The van der Waals surface area contributed by atoms with Gasteiger partial charge < -0.3 is 10.1 Å². The second-order valence-corrected chi connectivity index (χ2v) is 6.33. The molecule has 1 aliphatic heterocycles. The van der Waals surface area contributed by atoms with E-state index in [1.165, 1.54) is 31.2 Å². The number of nitro groups is 1. The molecule has 26 heavy (non-hydrogen) atoms. The summed E-state index contributed by atoms with van der Waals surface area (Å²) in [6, 6.07) is 7.97. The Hall–Kier alpha value is -3.29. The average Bonchev–Trinajstić information content (AvgIpc) is 2.55. The van der Waals surface area contributed by atoms with Crippen molar-refractivity contribution in [2.45, 2.75) is 25.9 Å². The van der Waals surface area contributed by atoms with Gasteiger partial charge in [-0.15, -0.1) is 0 Å². The minimum absolute atomic E-state index is 0.00656. The molecule has 8 heteroatoms. The topological polar surface area (TPSA) is 98.5 Å². The van der Waals surface area contributed by atoms with Gasteiger partial charge in [-0.05, 0) is 49.2 Å². The number of halogens is 1. The molecule has 0 saturated heterocycles. The van der Waals surface area contributed by atoms with E-state index >= 15 is 0 Å². The van der Waals surface area contributed by atoms with Crippen molar-refractivity contribution in [2.24, 2.45) is 0 Å². The number of fused-ring (bicyclic) bond motifs is 1. The Morgan fingerprint density at radius 3 is 2.73 bits per heavy atom. The third-order valence-corrected chi connectivity index (χ3v) is 4.21. The van der Waals surface area contributed by atoms with Gasteiger partial charge in [0, 0.05) is 12.5 Å². The summed E-state index contributed by atoms with van der Waals surface area (Å²) in [4.78, 5) is 35.4. The fraction of sp³-hybridized carbons (Fsp3) is 0.222. The zero-order valence-corrected chi connectivity index (χ0v) is 14.0. The first-order valence-corrected chi connectivity index (χ1v) is 7.78. The van der Waals surface area contributed by atoms with Crippen LogP contribution < -0.4 is 5.32 Å². The van der Waals surface area contributed by atoms with Crippen LogP contribution in [0, 0.1) is 22.9 Å². The number of rotatable bonds is 3. The predicted molar refractivity (Wildman–Crippen MR) is 90.4 cm³/mol. The lowest BCUT2D eigenvalue weighted by Crippen LogP contribution is -2.49. The lowest BCUT2D eigenvalue weighted by molar-refractivity contribution is -0.384. The first-order chi connectivity index (χ1) is 12.2. The number of hydrogen-bond acceptors (Lipinski definition) is 5. The molecule has 1 amide bonds. The van der Waals surface area contributed by atoms with Gasteiger partial charge >= 0.3 is 5.97 Å². The van der Waals surface area contributed by atoms with Crippen LogP contribution in [-0.2, 0) is 16.0 Å². The molecule has 1 atom stereocenters. The Bertz CT molecular complexity index is 943. The molecule has 0 fully saturated rings. The van der Waals surface area contributed by atoms with E-state index in [0.29, 0.717) is 11.1 Å². The molecule has 0 spiro atoms. The SMILES string of the molecule is Cc1ccc(NC(=O)C2(C)Cc3cc(F)ccc3C(=O)O2)c([N+](=O)[O-])c1. The van der Waals surface area contributed by atoms with Crippen LogP contribution in [0.25, 0.3) is 0 Å². The number of esters is 1. The van der Waals surface area contributed by atoms with Gasteiger partial charge in [0.25, 0.3) is 11.6 Å². The number of hydrogen-bond donors (Lipinski definition) is 1. The Balaban J connectivity index is 1.91. The minimum atomic E-state index is -1.61. The van der Waals surface area contributed by atoms with Crippen LogP contribution in [0.3, 0.4) is 0 Å². The van der Waals surface area contributed by atoms with E-state index in [9.17, 15) is 24.1 Å². The third-order valence-electron chi connectivity index (χ3n) is 4.21. The predicted octanol–water partition coefficient (Wildman–Crippen LogP) is 3.15. The lowest BCUT2D eigenvalue weighted by Gasteiger charge is -2.33. The van der Waals surface area contributed by atoms with Gasteiger partial charge in [0.2, 0.25) is 0 Å². The van der Waals surface area contributed by atoms with Crippen molar-refractivity contribution in [3.63, 3.8) is 0 Å². The monoisotopic (exact) mass is 358 g/mol. The van der Waals surface area contributed by atoms with Crippen LogP contribution in [0.5, 0.6) is 0 Å². The van der Waals surface area contributed by atoms with E-state index in [1.54, 1.807) is 13.0 Å². The van der Waals surface area contributed by atoms with Crippen LogP contribution in [0.4, 0.5) is 15.8 Å². The molecule has 2 aromatic rings. The van der Waals surface area contributed by atoms with Crippen LogP contribution in [-0.4, -0.2) is 22.4 Å². The maximum absolute atomic E-state index is 13.5. The number of amides is 1. The third kappa shape index (κ3) is 3.13. The smallest absolute Gasteiger partial charge is 0.339 e. The minimum Gasteiger partial charge on any atom is -0.445 e. The van der Waals surface area contributed by atoms with E-state index in [1.807, 2.05) is 0 Å². The molecular weight excluding hydrogens is 343 g/mol. The molecule has 2 aromatic carbocycles. The standard InChI is InChI=1S/C18H15FN2O5/c1-10-3-6-14(15(7-10)21(24)25)20-17(23)18(2)9-11-8-12(19)4-5-13(11)16(22)26-18/h3-8H,9H2,1-2H3,(H,20,23). The maximum Gasteiger partial charge on any atom is 0.339 e. The number of carbonyl (C=O) groups is 2. The van der Waals surface area contributed by atoms with Gasteiger partial charge in [-0.1, -0.05) is 6.07 Å². The fourth-order valence-electron chi connectivity index (χ4n) is 2.85. The van der Waals surface area contributed by atoms with Gasteiger partial charge in [-0.2, -0.15) is 0 Å². The molecule has 0 bridgehead atoms. The summed E-state index contributed by atoms with van der Waals surface area (Å²) in [6.45, 7) is 3.07. The highest BCUT2D eigenvalue weighted by Gasteiger charge is 2.43. The number of cyclic esters (lactones) is 1. The molecule has 0 aromatic heterocycles. The molecule has 0 saturated carbocycles. The van der Waals surface area contributed by atoms with Gasteiger partial charge in [0.15, 0.2) is 5.60 Å². The zero-order chi connectivity index (χ0) is 19.1. The number of nitrogens with zero attached hydrogens (tertiary/aromatic N) is 1. The van der Waals surface area contributed by atoms with Crippen molar-refractivity contribution in [3.8, 4) is 0 Å². The summed E-state index contributed by atoms with van der Waals surface area (Å²) in [7, 11) is 0. The summed E-state index contributed by atoms with van der Waals surface area (Å²) in [6.07, 6.45) is -0.0443. The van der Waals surface area contributed by atoms with Gasteiger partial charge in [0.1, 0.15) is 11.5 Å². The molecule has 1 heterocycles. The lowest BCUT2D eigenvalue weighted by atomic mass is 9.89. The first-order valence-electron chi connectivity index (χ1n) is 7.78. The van der Waals surface area contributed by atoms with E-state index in [-0.39, 0.29) is 23.4 Å². The Morgan fingerprint density at radius 1 is 1.31 bits per heavy atom. The van der Waals surface area contributed by atoms with Crippen molar-refractivity contribution in [1.29, 1.82) is 0 Å². The van der Waals surface area contributed by atoms with Crippen LogP contribution in [0.15, 0.2) is 36.4 Å². The quantitative estimate of drug-likeness (QED) is 0.516. The van der Waals surface area contributed by atoms with E-state index in [2.05, 4.69) is 5.32 Å². The number of ether oxygens (including phenoxy) is 1. The first kappa shape index (κ1) is 17.5. The maximum atomic E-state index is 13.5. The summed E-state index contributed by atoms with van der Waals surface area (Å²) in [5.74, 6) is -2.01. The van der Waals surface area contributed by atoms with Crippen molar-refractivity contribution in [1.82, 2.24) is 0 Å². The molecule has 134 valence electrons. The molecular formula is C18H15FN2O5. The highest BCUT2D eigenvalue weighted by atomic mass is 19.1. The summed E-state index contributed by atoms with van der Waals surface area (Å²) < 4.78 is 18.7. The van der Waals surface area contributed by atoms with E-state index in [0.717, 1.165) is 6.07 Å². The summed E-state index contributed by atoms with van der Waals surface area (Å²) in [5.41, 5.74) is -0.690. The Morgan fingerprint density at radius 2 is 2.04 bits per heavy atom.